The second-order valence-electron chi connectivity index (χ2n) is 6.36. The zero-order valence-electron chi connectivity index (χ0n) is 14.1. The number of aromatic nitrogens is 3. The van der Waals surface area contributed by atoms with Crippen molar-refractivity contribution in [3.05, 3.63) is 82.8 Å². The van der Waals surface area contributed by atoms with Crippen LogP contribution in [0.4, 0.5) is 0 Å². The summed E-state index contributed by atoms with van der Waals surface area (Å²) in [5.41, 5.74) is 9.89. The zero-order valence-corrected chi connectivity index (χ0v) is 14.1. The lowest BCUT2D eigenvalue weighted by atomic mass is 10.0. The number of carbonyl (C=O) groups excluding carboxylic acids is 1. The average Bonchev–Trinajstić information content (AvgIpc) is 3.07. The van der Waals surface area contributed by atoms with E-state index < -0.39 is 5.91 Å². The third-order valence-corrected chi connectivity index (χ3v) is 4.83. The number of para-hydroxylation sites is 2. The second-order valence-corrected chi connectivity index (χ2v) is 6.36. The van der Waals surface area contributed by atoms with Crippen LogP contribution in [0.15, 0.2) is 71.8 Å². The van der Waals surface area contributed by atoms with Crippen LogP contribution in [0.2, 0.25) is 0 Å². The summed E-state index contributed by atoms with van der Waals surface area (Å²) < 4.78 is 1.89. The Bertz CT molecular complexity index is 1410. The highest BCUT2D eigenvalue weighted by molar-refractivity contribution is 6.05. The van der Waals surface area contributed by atoms with Gasteiger partial charge in [0.15, 0.2) is 0 Å². The van der Waals surface area contributed by atoms with E-state index in [-0.39, 0.29) is 11.0 Å². The van der Waals surface area contributed by atoms with E-state index in [1.54, 1.807) is 18.5 Å². The molecule has 3 heterocycles. The number of primary amides is 1. The van der Waals surface area contributed by atoms with Gasteiger partial charge in [-0.25, -0.2) is 0 Å². The zero-order chi connectivity index (χ0) is 18.5. The van der Waals surface area contributed by atoms with Crippen molar-refractivity contribution in [1.29, 1.82) is 0 Å². The Morgan fingerprint density at radius 3 is 2.52 bits per heavy atom. The van der Waals surface area contributed by atoms with Crippen LogP contribution < -0.4 is 11.2 Å². The normalized spacial score (nSPS) is 11.4. The van der Waals surface area contributed by atoms with Crippen molar-refractivity contribution in [2.75, 3.05) is 0 Å². The number of H-pyrrole nitrogens is 1. The fourth-order valence-corrected chi connectivity index (χ4v) is 3.61. The average molecular weight is 354 g/mol. The Morgan fingerprint density at radius 2 is 1.74 bits per heavy atom. The molecule has 0 aliphatic rings. The summed E-state index contributed by atoms with van der Waals surface area (Å²) in [7, 11) is 0. The maximum atomic E-state index is 13.0. The second kappa shape index (κ2) is 5.54. The van der Waals surface area contributed by atoms with Gasteiger partial charge in [-0.2, -0.15) is 0 Å². The molecule has 3 N–H and O–H groups in total. The largest absolute Gasteiger partial charge is 0.365 e. The molecule has 0 aliphatic carbocycles. The van der Waals surface area contributed by atoms with Crippen molar-refractivity contribution in [3.8, 4) is 11.1 Å². The van der Waals surface area contributed by atoms with Crippen LogP contribution in [-0.4, -0.2) is 20.3 Å². The standard InChI is InChI=1S/C21H14N4O2/c22-20(27)18-19(26)14-6-5-13(12-7-9-23-10-8-12)11-17(14)25-16-4-2-1-3-15(16)24-21(18)25/h1-11,24H,(H2,22,27). The first-order valence-electron chi connectivity index (χ1n) is 8.44. The molecule has 0 fully saturated rings. The van der Waals surface area contributed by atoms with E-state index >= 15 is 0 Å². The Morgan fingerprint density at radius 1 is 0.963 bits per heavy atom. The number of hydrogen-bond acceptors (Lipinski definition) is 3. The minimum atomic E-state index is -0.746. The monoisotopic (exact) mass is 354 g/mol. The predicted octanol–water partition coefficient (Wildman–Crippen LogP) is 3.09. The number of amides is 1. The highest BCUT2D eigenvalue weighted by Gasteiger charge is 2.19. The molecular formula is C21H14N4O2. The molecule has 0 aliphatic heterocycles. The lowest BCUT2D eigenvalue weighted by Gasteiger charge is -2.09. The summed E-state index contributed by atoms with van der Waals surface area (Å²) in [6.45, 7) is 0. The van der Waals surface area contributed by atoms with E-state index in [4.69, 9.17) is 5.73 Å². The Hall–Kier alpha value is -3.93. The van der Waals surface area contributed by atoms with Crippen LogP contribution in [-0.2, 0) is 0 Å². The van der Waals surface area contributed by atoms with E-state index in [1.165, 1.54) is 0 Å². The van der Waals surface area contributed by atoms with Gasteiger partial charge in [0.05, 0.1) is 16.6 Å². The maximum absolute atomic E-state index is 13.0. The third-order valence-electron chi connectivity index (χ3n) is 4.83. The van der Waals surface area contributed by atoms with Crippen LogP contribution in [0.5, 0.6) is 0 Å². The molecule has 0 radical (unpaired) electrons. The smallest absolute Gasteiger partial charge is 0.256 e. The van der Waals surface area contributed by atoms with Crippen molar-refractivity contribution in [2.24, 2.45) is 5.73 Å². The highest BCUT2D eigenvalue weighted by Crippen LogP contribution is 2.27. The Balaban J connectivity index is 2.02. The molecule has 0 saturated heterocycles. The lowest BCUT2D eigenvalue weighted by Crippen LogP contribution is -2.23. The predicted molar refractivity (Wildman–Crippen MR) is 105 cm³/mol. The number of nitrogens with one attached hydrogen (secondary N) is 1. The van der Waals surface area contributed by atoms with Gasteiger partial charge in [-0.05, 0) is 47.5 Å². The van der Waals surface area contributed by atoms with Gasteiger partial charge in [-0.3, -0.25) is 19.0 Å². The first-order valence-corrected chi connectivity index (χ1v) is 8.44. The van der Waals surface area contributed by atoms with Crippen molar-refractivity contribution < 1.29 is 4.79 Å². The summed E-state index contributed by atoms with van der Waals surface area (Å²) in [6.07, 6.45) is 3.45. The minimum absolute atomic E-state index is 0.0321. The molecule has 3 aromatic heterocycles. The van der Waals surface area contributed by atoms with E-state index in [0.29, 0.717) is 16.6 Å². The molecule has 5 rings (SSSR count). The lowest BCUT2D eigenvalue weighted by molar-refractivity contribution is 0.100. The minimum Gasteiger partial charge on any atom is -0.365 e. The van der Waals surface area contributed by atoms with Crippen LogP contribution in [0.1, 0.15) is 10.4 Å². The molecular weight excluding hydrogens is 340 g/mol. The summed E-state index contributed by atoms with van der Waals surface area (Å²) in [5, 5.41) is 0.448. The van der Waals surface area contributed by atoms with Gasteiger partial charge < -0.3 is 10.7 Å². The summed E-state index contributed by atoms with van der Waals surface area (Å²) >= 11 is 0. The molecule has 6 heteroatoms. The fourth-order valence-electron chi connectivity index (χ4n) is 3.61. The molecule has 6 nitrogen and oxygen atoms in total. The molecule has 2 aromatic carbocycles. The molecule has 5 aromatic rings. The molecule has 130 valence electrons. The number of carbonyl (C=O) groups is 1. The van der Waals surface area contributed by atoms with Gasteiger partial charge in [-0.1, -0.05) is 18.2 Å². The third kappa shape index (κ3) is 2.17. The van der Waals surface area contributed by atoms with E-state index in [9.17, 15) is 9.59 Å². The van der Waals surface area contributed by atoms with Gasteiger partial charge in [0, 0.05) is 17.8 Å². The molecule has 0 unspecified atom stereocenters. The van der Waals surface area contributed by atoms with E-state index in [2.05, 4.69) is 9.97 Å². The molecule has 0 bridgehead atoms. The topological polar surface area (TPSA) is 93.2 Å². The first kappa shape index (κ1) is 15.3. The number of hydrogen-bond donors (Lipinski definition) is 2. The molecule has 27 heavy (non-hydrogen) atoms. The van der Waals surface area contributed by atoms with Crippen LogP contribution >= 0.6 is 0 Å². The van der Waals surface area contributed by atoms with Crippen molar-refractivity contribution in [1.82, 2.24) is 14.4 Å². The number of nitrogens with zero attached hydrogens (tertiary/aromatic N) is 2. The van der Waals surface area contributed by atoms with Crippen molar-refractivity contribution in [3.63, 3.8) is 0 Å². The maximum Gasteiger partial charge on any atom is 0.256 e. The SMILES string of the molecule is NC(=O)c1c(=O)c2ccc(-c3ccncc3)cc2n2c1[nH]c1ccccc12. The number of fused-ring (bicyclic) bond motifs is 5. The summed E-state index contributed by atoms with van der Waals surface area (Å²) in [6, 6.07) is 17.0. The number of pyridine rings is 2. The number of nitrogens with two attached hydrogens (primary N) is 1. The first-order chi connectivity index (χ1) is 13.1. The fraction of sp³-hybridized carbons (Fsp3) is 0. The van der Waals surface area contributed by atoms with Crippen LogP contribution in [0.3, 0.4) is 0 Å². The summed E-state index contributed by atoms with van der Waals surface area (Å²) in [5.74, 6) is -0.746. The molecule has 0 saturated carbocycles. The molecule has 0 atom stereocenters. The number of aromatic amines is 1. The summed E-state index contributed by atoms with van der Waals surface area (Å²) in [4.78, 5) is 32.2. The van der Waals surface area contributed by atoms with Crippen LogP contribution in [0.25, 0.3) is 38.7 Å². The van der Waals surface area contributed by atoms with Crippen LogP contribution in [0, 0.1) is 0 Å². The van der Waals surface area contributed by atoms with Crippen molar-refractivity contribution in [2.45, 2.75) is 0 Å². The van der Waals surface area contributed by atoms with E-state index in [0.717, 1.165) is 22.2 Å². The Kier molecular flexibility index (Phi) is 3.14. The van der Waals surface area contributed by atoms with Gasteiger partial charge in [-0.15, -0.1) is 0 Å². The number of rotatable bonds is 2. The quantitative estimate of drug-likeness (QED) is 0.510. The number of imidazole rings is 1. The van der Waals surface area contributed by atoms with Gasteiger partial charge in [0.1, 0.15) is 11.2 Å². The van der Waals surface area contributed by atoms with E-state index in [1.807, 2.05) is 52.9 Å². The number of benzene rings is 2. The van der Waals surface area contributed by atoms with Gasteiger partial charge in [0.2, 0.25) is 5.43 Å². The van der Waals surface area contributed by atoms with Crippen molar-refractivity contribution >= 4 is 33.5 Å². The Labute approximate surface area is 152 Å². The highest BCUT2D eigenvalue weighted by atomic mass is 16.2. The molecule has 1 amide bonds. The molecule has 0 spiro atoms. The van der Waals surface area contributed by atoms with Gasteiger partial charge in [0.25, 0.3) is 5.91 Å². The van der Waals surface area contributed by atoms with Gasteiger partial charge >= 0.3 is 0 Å².